The fraction of sp³-hybridized carbons (Fsp3) is 0.400. The first-order valence-electron chi connectivity index (χ1n) is 2.54. The Bertz CT molecular complexity index is 187. The van der Waals surface area contributed by atoms with Crippen molar-refractivity contribution in [2.45, 2.75) is 6.18 Å². The molecule has 6 heteroatoms. The van der Waals surface area contributed by atoms with Gasteiger partial charge in [0.1, 0.15) is 5.57 Å². The van der Waals surface area contributed by atoms with Gasteiger partial charge in [-0.2, -0.15) is 13.2 Å². The number of allylic oxidation sites excluding steroid dienone is 1. The first-order chi connectivity index (χ1) is 4.89. The van der Waals surface area contributed by atoms with Crippen LogP contribution in [0.3, 0.4) is 0 Å². The van der Waals surface area contributed by atoms with Crippen molar-refractivity contribution in [2.24, 2.45) is 0 Å². The van der Waals surface area contributed by atoms with Crippen molar-refractivity contribution < 1.29 is 18.0 Å². The summed E-state index contributed by atoms with van der Waals surface area (Å²) in [6.07, 6.45) is -3.93. The minimum Gasteiger partial charge on any atom is -0.393 e. The van der Waals surface area contributed by atoms with Crippen molar-refractivity contribution in [3.63, 3.8) is 0 Å². The molecule has 0 atom stereocenters. The van der Waals surface area contributed by atoms with Gasteiger partial charge in [0.15, 0.2) is 0 Å². The lowest BCUT2D eigenvalue weighted by Gasteiger charge is -2.06. The molecule has 2 nitrogen and oxygen atoms in total. The van der Waals surface area contributed by atoms with Crippen LogP contribution >= 0.6 is 22.6 Å². The highest BCUT2D eigenvalue weighted by atomic mass is 127. The van der Waals surface area contributed by atoms with Gasteiger partial charge in [-0.1, -0.05) is 0 Å². The first kappa shape index (κ1) is 10.7. The van der Waals surface area contributed by atoms with Crippen molar-refractivity contribution in [1.82, 2.24) is 5.32 Å². The predicted octanol–water partition coefficient (Wildman–Crippen LogP) is 1.61. The SMILES string of the molecule is CN/C=C(\C(=O)I)C(F)(F)F. The Hall–Kier alpha value is -0.270. The zero-order chi connectivity index (χ0) is 9.07. The number of hydrogen-bond acceptors (Lipinski definition) is 2. The number of halogens is 4. The third-order valence-electron chi connectivity index (χ3n) is 0.806. The molecule has 1 N–H and O–H groups in total. The van der Waals surface area contributed by atoms with Gasteiger partial charge in [0.2, 0.25) is 3.79 Å². The van der Waals surface area contributed by atoms with Gasteiger partial charge in [-0.05, 0) is 0 Å². The molecule has 0 aromatic rings. The molecule has 0 saturated carbocycles. The van der Waals surface area contributed by atoms with E-state index in [1.54, 1.807) is 0 Å². The number of hydrogen-bond donors (Lipinski definition) is 1. The van der Waals surface area contributed by atoms with E-state index in [1.165, 1.54) is 7.05 Å². The first-order valence-corrected chi connectivity index (χ1v) is 3.62. The maximum absolute atomic E-state index is 11.8. The van der Waals surface area contributed by atoms with Gasteiger partial charge in [0, 0.05) is 35.8 Å². The summed E-state index contributed by atoms with van der Waals surface area (Å²) >= 11 is 1.09. The monoisotopic (exact) mass is 279 g/mol. The van der Waals surface area contributed by atoms with Crippen molar-refractivity contribution in [3.05, 3.63) is 11.8 Å². The Morgan fingerprint density at radius 3 is 2.09 bits per heavy atom. The Morgan fingerprint density at radius 1 is 1.55 bits per heavy atom. The van der Waals surface area contributed by atoms with Crippen molar-refractivity contribution in [1.29, 1.82) is 0 Å². The van der Waals surface area contributed by atoms with Gasteiger partial charge in [-0.25, -0.2) is 0 Å². The molecule has 11 heavy (non-hydrogen) atoms. The van der Waals surface area contributed by atoms with E-state index in [9.17, 15) is 18.0 Å². The smallest absolute Gasteiger partial charge is 0.393 e. The standard InChI is InChI=1S/C5H5F3INO/c1-10-2-3(4(9)11)5(6,7)8/h2,10H,1H3/b3-2+. The predicted molar refractivity (Wildman–Crippen MR) is 42.2 cm³/mol. The number of nitrogens with one attached hydrogen (secondary N) is 1. The molecule has 0 aliphatic carbocycles. The average Bonchev–Trinajstić information content (AvgIpc) is 1.79. The van der Waals surface area contributed by atoms with Gasteiger partial charge in [0.05, 0.1) is 0 Å². The van der Waals surface area contributed by atoms with Crippen molar-refractivity contribution >= 4 is 26.4 Å². The van der Waals surface area contributed by atoms with E-state index in [4.69, 9.17) is 0 Å². The normalized spacial score (nSPS) is 13.0. The van der Waals surface area contributed by atoms with E-state index in [-0.39, 0.29) is 0 Å². The highest BCUT2D eigenvalue weighted by molar-refractivity contribution is 14.1. The molecule has 0 aliphatic heterocycles. The molecule has 0 radical (unpaired) electrons. The maximum Gasteiger partial charge on any atom is 0.422 e. The van der Waals surface area contributed by atoms with Crippen LogP contribution in [0, 0.1) is 0 Å². The minimum atomic E-state index is -4.57. The largest absolute Gasteiger partial charge is 0.422 e. The van der Waals surface area contributed by atoms with Crippen LogP contribution in [-0.4, -0.2) is 17.0 Å². The third-order valence-corrected chi connectivity index (χ3v) is 1.39. The van der Waals surface area contributed by atoms with Crippen LogP contribution in [0.1, 0.15) is 0 Å². The fourth-order valence-corrected chi connectivity index (χ4v) is 0.856. The Balaban J connectivity index is 4.63. The van der Waals surface area contributed by atoms with Crippen LogP contribution in [0.5, 0.6) is 0 Å². The molecule has 0 aromatic heterocycles. The summed E-state index contributed by atoms with van der Waals surface area (Å²) in [6, 6.07) is 0. The fourth-order valence-electron chi connectivity index (χ4n) is 0.394. The lowest BCUT2D eigenvalue weighted by molar-refractivity contribution is -0.120. The summed E-state index contributed by atoms with van der Waals surface area (Å²) in [5.74, 6) is 0. The van der Waals surface area contributed by atoms with Gasteiger partial charge in [-0.3, -0.25) is 4.79 Å². The second-order valence-corrected chi connectivity index (χ2v) is 2.60. The maximum atomic E-state index is 11.8. The molecule has 0 unspecified atom stereocenters. The summed E-state index contributed by atoms with van der Waals surface area (Å²) in [5.41, 5.74) is -1.18. The van der Waals surface area contributed by atoms with E-state index < -0.39 is 15.5 Å². The average molecular weight is 279 g/mol. The Labute approximate surface area is 75.0 Å². The quantitative estimate of drug-likeness (QED) is 0.472. The van der Waals surface area contributed by atoms with Crippen LogP contribution in [0.4, 0.5) is 13.2 Å². The molecular weight excluding hydrogens is 274 g/mol. The topological polar surface area (TPSA) is 29.1 Å². The minimum absolute atomic E-state index is 0.634. The number of carbonyl (C=O) groups is 1. The molecule has 0 bridgehead atoms. The molecule has 0 amide bonds. The molecule has 0 aromatic carbocycles. The molecule has 0 fully saturated rings. The summed E-state index contributed by atoms with van der Waals surface area (Å²) < 4.78 is 34.4. The van der Waals surface area contributed by atoms with E-state index in [0.717, 1.165) is 22.6 Å². The number of alkyl halides is 3. The van der Waals surface area contributed by atoms with Crippen molar-refractivity contribution in [2.75, 3.05) is 7.05 Å². The second kappa shape index (κ2) is 3.93. The van der Waals surface area contributed by atoms with Crippen LogP contribution in [0.2, 0.25) is 0 Å². The van der Waals surface area contributed by atoms with Crippen LogP contribution in [-0.2, 0) is 4.79 Å². The Kier molecular flexibility index (Phi) is 3.84. The summed E-state index contributed by atoms with van der Waals surface area (Å²) in [5, 5.41) is 2.15. The van der Waals surface area contributed by atoms with E-state index in [1.807, 2.05) is 0 Å². The molecule has 0 rings (SSSR count). The van der Waals surface area contributed by atoms with Gasteiger partial charge < -0.3 is 5.32 Å². The lowest BCUT2D eigenvalue weighted by atomic mass is 10.3. The highest BCUT2D eigenvalue weighted by Crippen LogP contribution is 2.27. The van der Waals surface area contributed by atoms with Crippen LogP contribution in [0.25, 0.3) is 0 Å². The molecule has 0 heterocycles. The van der Waals surface area contributed by atoms with E-state index >= 15 is 0 Å². The summed E-state index contributed by atoms with van der Waals surface area (Å²) in [6.45, 7) is 0. The summed E-state index contributed by atoms with van der Waals surface area (Å²) in [4.78, 5) is 10.3. The Morgan fingerprint density at radius 2 is 2.00 bits per heavy atom. The zero-order valence-electron chi connectivity index (χ0n) is 5.50. The highest BCUT2D eigenvalue weighted by Gasteiger charge is 2.37. The molecule has 64 valence electrons. The number of carbonyl (C=O) groups excluding carboxylic acids is 1. The molecule has 0 aliphatic rings. The lowest BCUT2D eigenvalue weighted by Crippen LogP contribution is -2.18. The molecule has 0 spiro atoms. The van der Waals surface area contributed by atoms with Crippen molar-refractivity contribution in [3.8, 4) is 0 Å². The molecule has 0 saturated heterocycles. The summed E-state index contributed by atoms with van der Waals surface area (Å²) in [7, 11) is 1.30. The zero-order valence-corrected chi connectivity index (χ0v) is 7.65. The van der Waals surface area contributed by atoms with Crippen LogP contribution < -0.4 is 5.32 Å². The van der Waals surface area contributed by atoms with Gasteiger partial charge in [0.25, 0.3) is 0 Å². The van der Waals surface area contributed by atoms with Gasteiger partial charge >= 0.3 is 6.18 Å². The third kappa shape index (κ3) is 3.59. The van der Waals surface area contributed by atoms with Crippen LogP contribution in [0.15, 0.2) is 11.8 Å². The number of rotatable bonds is 2. The van der Waals surface area contributed by atoms with E-state index in [0.29, 0.717) is 6.20 Å². The molecular formula is C5H5F3INO. The van der Waals surface area contributed by atoms with Gasteiger partial charge in [-0.15, -0.1) is 0 Å². The van der Waals surface area contributed by atoms with E-state index in [2.05, 4.69) is 5.32 Å². The second-order valence-electron chi connectivity index (χ2n) is 1.62.